The largest absolute Gasteiger partial charge is 0.482 e. The summed E-state index contributed by atoms with van der Waals surface area (Å²) in [5, 5.41) is 5.58. The third-order valence-electron chi connectivity index (χ3n) is 5.92. The van der Waals surface area contributed by atoms with Crippen LogP contribution >= 0.6 is 0 Å². The molecule has 0 saturated heterocycles. The zero-order chi connectivity index (χ0) is 25.1. The maximum atomic E-state index is 13.3. The van der Waals surface area contributed by atoms with Gasteiger partial charge in [-0.2, -0.15) is 0 Å². The Morgan fingerprint density at radius 2 is 1.94 bits per heavy atom. The number of fused-ring (bicyclic) bond motifs is 2. The summed E-state index contributed by atoms with van der Waals surface area (Å²) in [5.41, 5.74) is 3.66. The molecule has 0 unspecified atom stereocenters. The molecule has 0 bridgehead atoms. The highest BCUT2D eigenvalue weighted by Crippen LogP contribution is 2.28. The van der Waals surface area contributed by atoms with E-state index in [1.165, 1.54) is 6.33 Å². The molecule has 5 rings (SSSR count). The summed E-state index contributed by atoms with van der Waals surface area (Å²) < 4.78 is 5.36. The predicted octanol–water partition coefficient (Wildman–Crippen LogP) is 2.88. The second kappa shape index (κ2) is 9.87. The maximum absolute atomic E-state index is 13.3. The topological polar surface area (TPSA) is 129 Å². The first-order valence-electron chi connectivity index (χ1n) is 11.5. The normalized spacial score (nSPS) is 12.4. The van der Waals surface area contributed by atoms with E-state index in [2.05, 4.69) is 25.6 Å². The molecule has 0 fully saturated rings. The Bertz CT molecular complexity index is 1450. The fourth-order valence-electron chi connectivity index (χ4n) is 4.08. The van der Waals surface area contributed by atoms with Crippen LogP contribution in [0, 0.1) is 0 Å². The SMILES string of the molecule is CCN(Cc1ccccc1)C(=O)c1c[nH]c2c(C(=O)NCc3ccc4c(c3)NC(=O)CO4)ncnc12. The van der Waals surface area contributed by atoms with Crippen LogP contribution < -0.4 is 15.4 Å². The van der Waals surface area contributed by atoms with Gasteiger partial charge >= 0.3 is 0 Å². The number of aromatic nitrogens is 3. The minimum Gasteiger partial charge on any atom is -0.482 e. The first-order chi connectivity index (χ1) is 17.5. The number of ether oxygens (including phenoxy) is 1. The van der Waals surface area contributed by atoms with Crippen molar-refractivity contribution in [1.29, 1.82) is 0 Å². The number of amides is 3. The fourth-order valence-corrected chi connectivity index (χ4v) is 4.08. The Labute approximate surface area is 206 Å². The lowest BCUT2D eigenvalue weighted by atomic mass is 10.1. The average molecular weight is 485 g/mol. The van der Waals surface area contributed by atoms with Crippen LogP contribution in [0.4, 0.5) is 5.69 Å². The van der Waals surface area contributed by atoms with Crippen LogP contribution in [0.2, 0.25) is 0 Å². The summed E-state index contributed by atoms with van der Waals surface area (Å²) in [4.78, 5) is 51.0. The van der Waals surface area contributed by atoms with Crippen molar-refractivity contribution in [3.8, 4) is 5.75 Å². The van der Waals surface area contributed by atoms with Gasteiger partial charge in [0.2, 0.25) is 0 Å². The molecular weight excluding hydrogens is 460 g/mol. The molecule has 3 amide bonds. The third-order valence-corrected chi connectivity index (χ3v) is 5.92. The summed E-state index contributed by atoms with van der Waals surface area (Å²) in [6.07, 6.45) is 2.85. The first-order valence-corrected chi connectivity index (χ1v) is 11.5. The van der Waals surface area contributed by atoms with Gasteiger partial charge < -0.3 is 25.3 Å². The van der Waals surface area contributed by atoms with E-state index < -0.39 is 5.91 Å². The molecule has 3 heterocycles. The van der Waals surface area contributed by atoms with E-state index in [1.54, 1.807) is 23.2 Å². The molecule has 36 heavy (non-hydrogen) atoms. The number of hydrogen-bond donors (Lipinski definition) is 3. The van der Waals surface area contributed by atoms with Gasteiger partial charge in [0.1, 0.15) is 17.6 Å². The number of rotatable bonds is 7. The van der Waals surface area contributed by atoms with Crippen LogP contribution in [0.5, 0.6) is 5.75 Å². The summed E-state index contributed by atoms with van der Waals surface area (Å²) in [6, 6.07) is 15.1. The van der Waals surface area contributed by atoms with E-state index in [0.29, 0.717) is 41.1 Å². The molecule has 0 radical (unpaired) electrons. The van der Waals surface area contributed by atoms with E-state index in [1.807, 2.05) is 43.3 Å². The van der Waals surface area contributed by atoms with Gasteiger partial charge in [0.25, 0.3) is 17.7 Å². The number of anilines is 1. The Kier molecular flexibility index (Phi) is 6.31. The second-order valence-electron chi connectivity index (χ2n) is 8.30. The molecule has 0 atom stereocenters. The lowest BCUT2D eigenvalue weighted by molar-refractivity contribution is -0.118. The lowest BCUT2D eigenvalue weighted by Crippen LogP contribution is -2.30. The number of hydrogen-bond acceptors (Lipinski definition) is 6. The Morgan fingerprint density at radius 3 is 2.75 bits per heavy atom. The molecule has 1 aliphatic heterocycles. The van der Waals surface area contributed by atoms with Crippen molar-refractivity contribution in [2.45, 2.75) is 20.0 Å². The van der Waals surface area contributed by atoms with Gasteiger partial charge in [0.05, 0.1) is 16.8 Å². The second-order valence-corrected chi connectivity index (χ2v) is 8.30. The number of benzene rings is 2. The van der Waals surface area contributed by atoms with Crippen molar-refractivity contribution in [3.05, 3.63) is 83.4 Å². The minimum atomic E-state index is -0.419. The van der Waals surface area contributed by atoms with Crippen molar-refractivity contribution in [3.63, 3.8) is 0 Å². The number of carbonyl (C=O) groups is 3. The molecule has 0 spiro atoms. The van der Waals surface area contributed by atoms with Crippen molar-refractivity contribution in [2.24, 2.45) is 0 Å². The van der Waals surface area contributed by atoms with Gasteiger partial charge in [0.15, 0.2) is 12.3 Å². The van der Waals surface area contributed by atoms with Crippen molar-refractivity contribution in [1.82, 2.24) is 25.2 Å². The van der Waals surface area contributed by atoms with Gasteiger partial charge in [0, 0.05) is 25.8 Å². The number of aromatic amines is 1. The summed E-state index contributed by atoms with van der Waals surface area (Å²) in [5.74, 6) is -0.248. The van der Waals surface area contributed by atoms with Crippen LogP contribution in [-0.4, -0.2) is 50.7 Å². The highest BCUT2D eigenvalue weighted by molar-refractivity contribution is 6.10. The Balaban J connectivity index is 1.33. The van der Waals surface area contributed by atoms with Crippen molar-refractivity contribution in [2.75, 3.05) is 18.5 Å². The monoisotopic (exact) mass is 484 g/mol. The third kappa shape index (κ3) is 4.61. The zero-order valence-corrected chi connectivity index (χ0v) is 19.6. The average Bonchev–Trinajstić information content (AvgIpc) is 3.34. The van der Waals surface area contributed by atoms with Gasteiger partial charge in [-0.3, -0.25) is 14.4 Å². The molecule has 2 aromatic carbocycles. The molecule has 0 aliphatic carbocycles. The van der Waals surface area contributed by atoms with E-state index in [-0.39, 0.29) is 30.7 Å². The van der Waals surface area contributed by atoms with E-state index >= 15 is 0 Å². The summed E-state index contributed by atoms with van der Waals surface area (Å²) >= 11 is 0. The predicted molar refractivity (Wildman–Crippen MR) is 132 cm³/mol. The number of nitrogens with one attached hydrogen (secondary N) is 3. The van der Waals surface area contributed by atoms with Crippen LogP contribution in [0.15, 0.2) is 61.1 Å². The molecule has 0 saturated carbocycles. The summed E-state index contributed by atoms with van der Waals surface area (Å²) in [6.45, 7) is 3.09. The lowest BCUT2D eigenvalue weighted by Gasteiger charge is -2.20. The molecule has 10 nitrogen and oxygen atoms in total. The standard InChI is InChI=1S/C26H24N6O4/c1-2-32(13-16-6-4-3-5-7-16)26(35)18-12-27-23-22(18)29-15-30-24(23)25(34)28-11-17-8-9-20-19(10-17)31-21(33)14-36-20/h3-10,12,15,27H,2,11,13-14H2,1H3,(H,28,34)(H,31,33). The van der Waals surface area contributed by atoms with E-state index in [0.717, 1.165) is 11.1 Å². The molecule has 1 aliphatic rings. The van der Waals surface area contributed by atoms with Crippen LogP contribution in [0.1, 0.15) is 38.9 Å². The molecule has 10 heteroatoms. The highest BCUT2D eigenvalue weighted by Gasteiger charge is 2.23. The molecular formula is C26H24N6O4. The van der Waals surface area contributed by atoms with Gasteiger partial charge in [-0.1, -0.05) is 36.4 Å². The van der Waals surface area contributed by atoms with Crippen molar-refractivity contribution >= 4 is 34.4 Å². The minimum absolute atomic E-state index is 0.0182. The Hall–Kier alpha value is -4.73. The maximum Gasteiger partial charge on any atom is 0.272 e. The van der Waals surface area contributed by atoms with Gasteiger partial charge in [-0.05, 0) is 30.2 Å². The molecule has 182 valence electrons. The van der Waals surface area contributed by atoms with Crippen LogP contribution in [0.25, 0.3) is 11.0 Å². The number of carbonyl (C=O) groups excluding carboxylic acids is 3. The quantitative estimate of drug-likeness (QED) is 0.370. The zero-order valence-electron chi connectivity index (χ0n) is 19.6. The summed E-state index contributed by atoms with van der Waals surface area (Å²) in [7, 11) is 0. The fraction of sp³-hybridized carbons (Fsp3) is 0.192. The van der Waals surface area contributed by atoms with Gasteiger partial charge in [-0.15, -0.1) is 0 Å². The van der Waals surface area contributed by atoms with Crippen LogP contribution in [-0.2, 0) is 17.9 Å². The first kappa shape index (κ1) is 23.0. The number of nitrogens with zero attached hydrogens (tertiary/aromatic N) is 3. The molecule has 4 aromatic rings. The smallest absolute Gasteiger partial charge is 0.272 e. The molecule has 3 N–H and O–H groups in total. The number of H-pyrrole nitrogens is 1. The van der Waals surface area contributed by atoms with E-state index in [9.17, 15) is 14.4 Å². The van der Waals surface area contributed by atoms with E-state index in [4.69, 9.17) is 4.74 Å². The highest BCUT2D eigenvalue weighted by atomic mass is 16.5. The van der Waals surface area contributed by atoms with Crippen molar-refractivity contribution < 1.29 is 19.1 Å². The van der Waals surface area contributed by atoms with Gasteiger partial charge in [-0.25, -0.2) is 9.97 Å². The molecule has 2 aromatic heterocycles. The van der Waals surface area contributed by atoms with Crippen LogP contribution in [0.3, 0.4) is 0 Å². The Morgan fingerprint density at radius 1 is 1.11 bits per heavy atom.